The maximum absolute atomic E-state index is 13.3. The molecule has 1 saturated heterocycles. The quantitative estimate of drug-likeness (QED) is 0.578. The highest BCUT2D eigenvalue weighted by molar-refractivity contribution is 8.18. The maximum Gasteiger partial charge on any atom is 0.293 e. The van der Waals surface area contributed by atoms with Crippen LogP contribution in [0.4, 0.5) is 9.18 Å². The molecule has 2 aromatic carbocycles. The van der Waals surface area contributed by atoms with Crippen LogP contribution in [-0.4, -0.2) is 29.2 Å². The first-order chi connectivity index (χ1) is 13.9. The number of thioether (sulfide) groups is 1. The van der Waals surface area contributed by atoms with Crippen molar-refractivity contribution in [3.8, 4) is 11.5 Å². The number of carbonyl (C=O) groups is 2. The summed E-state index contributed by atoms with van der Waals surface area (Å²) in [6.07, 6.45) is 2.38. The van der Waals surface area contributed by atoms with Gasteiger partial charge in [-0.25, -0.2) is 4.39 Å². The molecule has 152 valence electrons. The average Bonchev–Trinajstić information content (AvgIpc) is 2.99. The molecule has 1 aliphatic heterocycles. The molecule has 0 unspecified atom stereocenters. The summed E-state index contributed by atoms with van der Waals surface area (Å²) < 4.78 is 24.4. The zero-order chi connectivity index (χ0) is 21.0. The van der Waals surface area contributed by atoms with Gasteiger partial charge in [0.05, 0.1) is 12.0 Å². The van der Waals surface area contributed by atoms with Crippen LogP contribution in [0.15, 0.2) is 47.4 Å². The Labute approximate surface area is 173 Å². The lowest BCUT2D eigenvalue weighted by molar-refractivity contribution is -0.124. The Morgan fingerprint density at radius 2 is 1.97 bits per heavy atom. The highest BCUT2D eigenvalue weighted by Gasteiger charge is 2.37. The Bertz CT molecular complexity index is 960. The van der Waals surface area contributed by atoms with Crippen molar-refractivity contribution >= 4 is 29.0 Å². The van der Waals surface area contributed by atoms with Gasteiger partial charge in [-0.15, -0.1) is 0 Å². The van der Waals surface area contributed by atoms with Gasteiger partial charge in [0.15, 0.2) is 11.5 Å². The van der Waals surface area contributed by atoms with E-state index in [0.29, 0.717) is 28.4 Å². The first-order valence-corrected chi connectivity index (χ1v) is 10.1. The summed E-state index contributed by atoms with van der Waals surface area (Å²) in [5, 5.41) is -0.252. The molecule has 5 nitrogen and oxygen atoms in total. The fraction of sp³-hybridized carbons (Fsp3) is 0.273. The average molecular weight is 415 g/mol. The second-order valence-corrected chi connectivity index (χ2v) is 7.63. The first-order valence-electron chi connectivity index (χ1n) is 9.25. The van der Waals surface area contributed by atoms with Crippen molar-refractivity contribution in [3.63, 3.8) is 0 Å². The van der Waals surface area contributed by atoms with E-state index in [1.54, 1.807) is 36.4 Å². The smallest absolute Gasteiger partial charge is 0.293 e. The molecule has 3 rings (SSSR count). The van der Waals surface area contributed by atoms with Gasteiger partial charge < -0.3 is 9.47 Å². The van der Waals surface area contributed by atoms with Crippen LogP contribution in [0.3, 0.4) is 0 Å². The number of methoxy groups -OCH3 is 1. The number of rotatable bonds is 7. The molecule has 0 aliphatic carbocycles. The minimum Gasteiger partial charge on any atom is -0.493 e. The lowest BCUT2D eigenvalue weighted by Crippen LogP contribution is -2.36. The SMILES string of the molecule is CC[C@H](C)N1C(=O)S/C(=C/c2ccc(OCc3cccc(F)c3)c(OC)c2)C1=O. The normalized spacial score (nSPS) is 16.4. The van der Waals surface area contributed by atoms with Gasteiger partial charge in [-0.3, -0.25) is 14.5 Å². The van der Waals surface area contributed by atoms with Crippen molar-refractivity contribution in [2.45, 2.75) is 32.9 Å². The van der Waals surface area contributed by atoms with Gasteiger partial charge in [0.2, 0.25) is 0 Å². The lowest BCUT2D eigenvalue weighted by atomic mass is 10.1. The third-order valence-electron chi connectivity index (χ3n) is 4.62. The summed E-state index contributed by atoms with van der Waals surface area (Å²) in [6, 6.07) is 11.3. The number of nitrogens with zero attached hydrogens (tertiary/aromatic N) is 1. The van der Waals surface area contributed by atoms with Crippen molar-refractivity contribution < 1.29 is 23.5 Å². The topological polar surface area (TPSA) is 55.8 Å². The van der Waals surface area contributed by atoms with Crippen molar-refractivity contribution in [3.05, 3.63) is 64.3 Å². The summed E-state index contributed by atoms with van der Waals surface area (Å²) in [5.41, 5.74) is 1.42. The van der Waals surface area contributed by atoms with E-state index < -0.39 is 0 Å². The van der Waals surface area contributed by atoms with E-state index in [1.807, 2.05) is 13.8 Å². The molecule has 0 radical (unpaired) electrons. The van der Waals surface area contributed by atoms with Gasteiger partial charge >= 0.3 is 0 Å². The van der Waals surface area contributed by atoms with Crippen LogP contribution >= 0.6 is 11.8 Å². The zero-order valence-corrected chi connectivity index (χ0v) is 17.3. The second-order valence-electron chi connectivity index (χ2n) is 6.64. The van der Waals surface area contributed by atoms with Crippen LogP contribution in [0.1, 0.15) is 31.4 Å². The molecule has 0 aromatic heterocycles. The summed E-state index contributed by atoms with van der Waals surface area (Å²) in [5.74, 6) is 0.387. The molecule has 1 aliphatic rings. The van der Waals surface area contributed by atoms with E-state index in [9.17, 15) is 14.0 Å². The Hall–Kier alpha value is -2.80. The Kier molecular flexibility index (Phi) is 6.59. The largest absolute Gasteiger partial charge is 0.493 e. The number of hydrogen-bond acceptors (Lipinski definition) is 5. The molecule has 2 aromatic rings. The molecule has 7 heteroatoms. The van der Waals surface area contributed by atoms with E-state index >= 15 is 0 Å². The molecular weight excluding hydrogens is 393 g/mol. The highest BCUT2D eigenvalue weighted by Crippen LogP contribution is 2.36. The molecule has 1 atom stereocenters. The molecule has 1 fully saturated rings. The zero-order valence-electron chi connectivity index (χ0n) is 16.5. The minimum absolute atomic E-state index is 0.137. The summed E-state index contributed by atoms with van der Waals surface area (Å²) in [4.78, 5) is 26.4. The Morgan fingerprint density at radius 1 is 1.17 bits per heavy atom. The summed E-state index contributed by atoms with van der Waals surface area (Å²) in [6.45, 7) is 3.99. The molecule has 0 spiro atoms. The molecule has 29 heavy (non-hydrogen) atoms. The number of ether oxygens (including phenoxy) is 2. The van der Waals surface area contributed by atoms with Gasteiger partial charge in [0, 0.05) is 6.04 Å². The molecule has 1 heterocycles. The molecular formula is C22H22FNO4S. The minimum atomic E-state index is -0.320. The fourth-order valence-electron chi connectivity index (χ4n) is 2.87. The van der Waals surface area contributed by atoms with Gasteiger partial charge in [0.1, 0.15) is 12.4 Å². The predicted molar refractivity (Wildman–Crippen MR) is 111 cm³/mol. The van der Waals surface area contributed by atoms with E-state index in [1.165, 1.54) is 24.1 Å². The van der Waals surface area contributed by atoms with Crippen LogP contribution in [0.5, 0.6) is 11.5 Å². The fourth-order valence-corrected chi connectivity index (χ4v) is 3.80. The van der Waals surface area contributed by atoms with Crippen molar-refractivity contribution in [1.82, 2.24) is 4.90 Å². The standard InChI is InChI=1S/C22H22FNO4S/c1-4-14(2)24-21(25)20(29-22(24)26)12-15-8-9-18(19(11-15)27-3)28-13-16-6-5-7-17(23)10-16/h5-12,14H,4,13H2,1-3H3/b20-12+/t14-/m0/s1. The van der Waals surface area contributed by atoms with Gasteiger partial charge in [-0.2, -0.15) is 0 Å². The molecule has 0 saturated carbocycles. The van der Waals surface area contributed by atoms with Gasteiger partial charge in [-0.05, 0) is 66.6 Å². The Balaban J connectivity index is 1.77. The monoisotopic (exact) mass is 415 g/mol. The van der Waals surface area contributed by atoms with E-state index in [0.717, 1.165) is 17.3 Å². The van der Waals surface area contributed by atoms with E-state index in [2.05, 4.69) is 0 Å². The summed E-state index contributed by atoms with van der Waals surface area (Å²) in [7, 11) is 1.52. The number of hydrogen-bond donors (Lipinski definition) is 0. The third-order valence-corrected chi connectivity index (χ3v) is 5.51. The van der Waals surface area contributed by atoms with Crippen LogP contribution in [0.25, 0.3) is 6.08 Å². The third kappa shape index (κ3) is 4.79. The molecule has 2 amide bonds. The van der Waals surface area contributed by atoms with Crippen molar-refractivity contribution in [1.29, 1.82) is 0 Å². The number of imide groups is 1. The molecule has 0 N–H and O–H groups in total. The van der Waals surface area contributed by atoms with Crippen molar-refractivity contribution in [2.75, 3.05) is 7.11 Å². The number of halogens is 1. The highest BCUT2D eigenvalue weighted by atomic mass is 32.2. The number of benzene rings is 2. The number of amides is 2. The first kappa shape index (κ1) is 20.9. The maximum atomic E-state index is 13.3. The van der Waals surface area contributed by atoms with E-state index in [4.69, 9.17) is 9.47 Å². The lowest BCUT2D eigenvalue weighted by Gasteiger charge is -2.19. The van der Waals surface area contributed by atoms with Gasteiger partial charge in [0.25, 0.3) is 11.1 Å². The second kappa shape index (κ2) is 9.13. The van der Waals surface area contributed by atoms with E-state index in [-0.39, 0.29) is 29.6 Å². The van der Waals surface area contributed by atoms with Crippen molar-refractivity contribution in [2.24, 2.45) is 0 Å². The summed E-state index contributed by atoms with van der Waals surface area (Å²) >= 11 is 0.938. The molecule has 0 bridgehead atoms. The van der Waals surface area contributed by atoms with Crippen LogP contribution in [0.2, 0.25) is 0 Å². The van der Waals surface area contributed by atoms with Gasteiger partial charge in [-0.1, -0.05) is 25.1 Å². The predicted octanol–water partition coefficient (Wildman–Crippen LogP) is 5.25. The Morgan fingerprint density at radius 3 is 2.66 bits per heavy atom. The number of carbonyl (C=O) groups excluding carboxylic acids is 2. The van der Waals surface area contributed by atoms with Crippen LogP contribution in [-0.2, 0) is 11.4 Å². The van der Waals surface area contributed by atoms with Crippen LogP contribution < -0.4 is 9.47 Å². The van der Waals surface area contributed by atoms with Crippen LogP contribution in [0, 0.1) is 5.82 Å².